The molecular formula is C18H25ClN4O3S. The van der Waals surface area contributed by atoms with Crippen molar-refractivity contribution in [1.29, 1.82) is 0 Å². The standard InChI is InChI=1S/C18H24N4O3S.ClH/c1-5-22-9-7-13(20-22)16(23)19-17-15(18(24)25-4)12-6-8-21(11(2)3)10-14(12)26-17;/h7,9,11H,5-6,8,10H2,1-4H3,(H,19,23);1H. The van der Waals surface area contributed by atoms with E-state index in [0.717, 1.165) is 30.0 Å². The van der Waals surface area contributed by atoms with Crippen LogP contribution in [0, 0.1) is 0 Å². The summed E-state index contributed by atoms with van der Waals surface area (Å²) in [4.78, 5) is 28.4. The molecule has 0 saturated carbocycles. The fourth-order valence-electron chi connectivity index (χ4n) is 3.10. The van der Waals surface area contributed by atoms with Gasteiger partial charge in [-0.3, -0.25) is 14.4 Å². The van der Waals surface area contributed by atoms with Crippen LogP contribution in [0.25, 0.3) is 0 Å². The molecule has 0 radical (unpaired) electrons. The molecule has 7 nitrogen and oxygen atoms in total. The van der Waals surface area contributed by atoms with Gasteiger partial charge in [0, 0.05) is 36.8 Å². The summed E-state index contributed by atoms with van der Waals surface area (Å²) in [6.45, 7) is 8.64. The minimum Gasteiger partial charge on any atom is -0.465 e. The Morgan fingerprint density at radius 2 is 2.15 bits per heavy atom. The molecule has 1 N–H and O–H groups in total. The quantitative estimate of drug-likeness (QED) is 0.763. The number of ether oxygens (including phenoxy) is 1. The average molecular weight is 413 g/mol. The van der Waals surface area contributed by atoms with Gasteiger partial charge in [-0.25, -0.2) is 4.79 Å². The van der Waals surface area contributed by atoms with Crippen molar-refractivity contribution in [2.45, 2.75) is 46.3 Å². The molecule has 0 aliphatic carbocycles. The zero-order valence-electron chi connectivity index (χ0n) is 15.9. The largest absolute Gasteiger partial charge is 0.465 e. The van der Waals surface area contributed by atoms with Crippen molar-refractivity contribution in [3.05, 3.63) is 34.0 Å². The third-order valence-corrected chi connectivity index (χ3v) is 5.76. The van der Waals surface area contributed by atoms with Gasteiger partial charge in [-0.1, -0.05) is 0 Å². The fraction of sp³-hybridized carbons (Fsp3) is 0.500. The number of esters is 1. The lowest BCUT2D eigenvalue weighted by Crippen LogP contribution is -2.35. The molecule has 0 saturated heterocycles. The average Bonchev–Trinajstić information content (AvgIpc) is 3.24. The lowest BCUT2D eigenvalue weighted by Gasteiger charge is -2.30. The second-order valence-corrected chi connectivity index (χ2v) is 7.63. The summed E-state index contributed by atoms with van der Waals surface area (Å²) in [6.07, 6.45) is 2.53. The molecule has 1 aliphatic rings. The van der Waals surface area contributed by atoms with Gasteiger partial charge in [0.25, 0.3) is 5.91 Å². The molecular weight excluding hydrogens is 388 g/mol. The number of halogens is 1. The third-order valence-electron chi connectivity index (χ3n) is 4.63. The number of aryl methyl sites for hydroxylation is 1. The number of anilines is 1. The Morgan fingerprint density at radius 1 is 1.41 bits per heavy atom. The van der Waals surface area contributed by atoms with Gasteiger partial charge in [-0.2, -0.15) is 5.10 Å². The number of carbonyl (C=O) groups excluding carboxylic acids is 2. The monoisotopic (exact) mass is 412 g/mol. The van der Waals surface area contributed by atoms with E-state index in [9.17, 15) is 9.59 Å². The van der Waals surface area contributed by atoms with Crippen LogP contribution >= 0.6 is 23.7 Å². The molecule has 1 amide bonds. The number of hydrogen-bond acceptors (Lipinski definition) is 6. The van der Waals surface area contributed by atoms with E-state index >= 15 is 0 Å². The summed E-state index contributed by atoms with van der Waals surface area (Å²) in [5, 5.41) is 7.63. The van der Waals surface area contributed by atoms with E-state index < -0.39 is 5.97 Å². The Morgan fingerprint density at radius 3 is 2.74 bits per heavy atom. The van der Waals surface area contributed by atoms with Gasteiger partial charge in [0.15, 0.2) is 5.69 Å². The van der Waals surface area contributed by atoms with E-state index in [1.165, 1.54) is 18.4 Å². The molecule has 0 unspecified atom stereocenters. The first-order chi connectivity index (χ1) is 12.4. The van der Waals surface area contributed by atoms with E-state index in [1.807, 2.05) is 6.92 Å². The highest BCUT2D eigenvalue weighted by atomic mass is 35.5. The van der Waals surface area contributed by atoms with Crippen LogP contribution in [0.15, 0.2) is 12.3 Å². The van der Waals surface area contributed by atoms with Crippen molar-refractivity contribution in [1.82, 2.24) is 14.7 Å². The van der Waals surface area contributed by atoms with Crippen LogP contribution in [0.3, 0.4) is 0 Å². The topological polar surface area (TPSA) is 76.5 Å². The van der Waals surface area contributed by atoms with Crippen molar-refractivity contribution in [3.8, 4) is 0 Å². The highest BCUT2D eigenvalue weighted by Gasteiger charge is 2.30. The number of thiophene rings is 1. The maximum atomic E-state index is 12.5. The van der Waals surface area contributed by atoms with E-state index in [4.69, 9.17) is 4.74 Å². The predicted molar refractivity (Wildman–Crippen MR) is 108 cm³/mol. The van der Waals surface area contributed by atoms with Crippen LogP contribution in [0.1, 0.15) is 52.1 Å². The molecule has 0 aromatic carbocycles. The third kappa shape index (κ3) is 4.34. The first-order valence-electron chi connectivity index (χ1n) is 8.76. The molecule has 0 spiro atoms. The van der Waals surface area contributed by atoms with Gasteiger partial charge in [-0.05, 0) is 38.8 Å². The van der Waals surface area contributed by atoms with E-state index in [-0.39, 0.29) is 18.3 Å². The lowest BCUT2D eigenvalue weighted by molar-refractivity contribution is 0.0600. The van der Waals surface area contributed by atoms with Crippen molar-refractivity contribution < 1.29 is 14.3 Å². The summed E-state index contributed by atoms with van der Waals surface area (Å²) in [6, 6.07) is 2.10. The van der Waals surface area contributed by atoms with Gasteiger partial charge in [0.2, 0.25) is 0 Å². The minimum atomic E-state index is -0.408. The maximum absolute atomic E-state index is 12.5. The Balaban J connectivity index is 0.00000261. The zero-order valence-corrected chi connectivity index (χ0v) is 17.6. The van der Waals surface area contributed by atoms with Crippen LogP contribution in [0.5, 0.6) is 0 Å². The maximum Gasteiger partial charge on any atom is 0.341 e. The summed E-state index contributed by atoms with van der Waals surface area (Å²) in [5.41, 5.74) is 1.81. The fourth-order valence-corrected chi connectivity index (χ4v) is 4.35. The van der Waals surface area contributed by atoms with E-state index in [1.54, 1.807) is 16.9 Å². The van der Waals surface area contributed by atoms with Crippen LogP contribution in [-0.4, -0.2) is 46.3 Å². The zero-order chi connectivity index (χ0) is 18.8. The van der Waals surface area contributed by atoms with Crippen molar-refractivity contribution >= 4 is 40.6 Å². The Hall–Kier alpha value is -1.90. The Labute approximate surface area is 169 Å². The second-order valence-electron chi connectivity index (χ2n) is 6.52. The van der Waals surface area contributed by atoms with Crippen molar-refractivity contribution in [3.63, 3.8) is 0 Å². The number of rotatable bonds is 5. The van der Waals surface area contributed by atoms with Crippen LogP contribution in [-0.2, 0) is 24.2 Å². The highest BCUT2D eigenvalue weighted by molar-refractivity contribution is 7.17. The number of aromatic nitrogens is 2. The molecule has 0 atom stereocenters. The molecule has 2 aromatic rings. The number of nitrogens with one attached hydrogen (secondary N) is 1. The van der Waals surface area contributed by atoms with Crippen molar-refractivity contribution in [2.75, 3.05) is 19.0 Å². The molecule has 1 aliphatic heterocycles. The first-order valence-corrected chi connectivity index (χ1v) is 9.57. The molecule has 3 heterocycles. The molecule has 148 valence electrons. The predicted octanol–water partition coefficient (Wildman–Crippen LogP) is 3.19. The van der Waals surface area contributed by atoms with E-state index in [2.05, 4.69) is 29.2 Å². The first kappa shape index (κ1) is 21.4. The number of hydrogen-bond donors (Lipinski definition) is 1. The van der Waals surface area contributed by atoms with Gasteiger partial charge in [-0.15, -0.1) is 23.7 Å². The van der Waals surface area contributed by atoms with Crippen molar-refractivity contribution in [2.24, 2.45) is 0 Å². The summed E-state index contributed by atoms with van der Waals surface area (Å²) < 4.78 is 6.66. The van der Waals surface area contributed by atoms with E-state index in [0.29, 0.717) is 28.8 Å². The van der Waals surface area contributed by atoms with Gasteiger partial charge in [0.05, 0.1) is 12.7 Å². The smallest absolute Gasteiger partial charge is 0.341 e. The molecule has 0 bridgehead atoms. The molecule has 0 fully saturated rings. The van der Waals surface area contributed by atoms with Gasteiger partial charge in [0.1, 0.15) is 5.00 Å². The van der Waals surface area contributed by atoms with Gasteiger partial charge >= 0.3 is 5.97 Å². The number of nitrogens with zero attached hydrogens (tertiary/aromatic N) is 3. The molecule has 3 rings (SSSR count). The Kier molecular flexibility index (Phi) is 7.02. The highest BCUT2D eigenvalue weighted by Crippen LogP contribution is 2.38. The SMILES string of the molecule is CCn1ccc(C(=O)Nc2sc3c(c2C(=O)OC)CCN(C(C)C)C3)n1.Cl. The molecule has 2 aromatic heterocycles. The molecule has 27 heavy (non-hydrogen) atoms. The number of amides is 1. The number of fused-ring (bicyclic) bond motifs is 1. The van der Waals surface area contributed by atoms with Gasteiger partial charge < -0.3 is 10.1 Å². The summed E-state index contributed by atoms with van der Waals surface area (Å²) in [7, 11) is 1.37. The second kappa shape index (κ2) is 8.86. The minimum absolute atomic E-state index is 0. The molecule has 9 heteroatoms. The van der Waals surface area contributed by atoms with Crippen LogP contribution in [0.2, 0.25) is 0 Å². The summed E-state index contributed by atoms with van der Waals surface area (Å²) >= 11 is 1.45. The number of carbonyl (C=O) groups is 2. The normalized spacial score (nSPS) is 13.8. The Bertz CT molecular complexity index is 831. The summed E-state index contributed by atoms with van der Waals surface area (Å²) in [5.74, 6) is -0.725. The van der Waals surface area contributed by atoms with Crippen LogP contribution < -0.4 is 5.32 Å². The van der Waals surface area contributed by atoms with Crippen LogP contribution in [0.4, 0.5) is 5.00 Å². The number of methoxy groups -OCH3 is 1. The lowest BCUT2D eigenvalue weighted by atomic mass is 10.0.